The van der Waals surface area contributed by atoms with Crippen LogP contribution >= 0.6 is 11.6 Å². The van der Waals surface area contributed by atoms with Crippen LogP contribution in [0.15, 0.2) is 6.07 Å². The van der Waals surface area contributed by atoms with Crippen molar-refractivity contribution in [2.45, 2.75) is 46.5 Å². The zero-order chi connectivity index (χ0) is 13.2. The van der Waals surface area contributed by atoms with E-state index >= 15 is 0 Å². The van der Waals surface area contributed by atoms with Gasteiger partial charge in [-0.2, -0.15) is 0 Å². The molecule has 0 N–H and O–H groups in total. The molecule has 0 aliphatic rings. The third-order valence-electron chi connectivity index (χ3n) is 3.50. The summed E-state index contributed by atoms with van der Waals surface area (Å²) in [5.74, 6) is 2.13. The van der Waals surface area contributed by atoms with Gasteiger partial charge in [0.2, 0.25) is 0 Å². The van der Waals surface area contributed by atoms with Gasteiger partial charge in [-0.3, -0.25) is 0 Å². The Kier molecular flexibility index (Phi) is 4.81. The van der Waals surface area contributed by atoms with Gasteiger partial charge in [0.25, 0.3) is 0 Å². The zero-order valence-electron chi connectivity index (χ0n) is 11.7. The average Bonchev–Trinajstić information content (AvgIpc) is 2.25. The quantitative estimate of drug-likeness (QED) is 0.758. The van der Waals surface area contributed by atoms with Crippen molar-refractivity contribution >= 4 is 17.4 Å². The lowest BCUT2D eigenvalue weighted by molar-refractivity contribution is 0.501. The average molecular weight is 255 g/mol. The maximum absolute atomic E-state index is 6.05. The molecule has 0 saturated heterocycles. The first-order valence-corrected chi connectivity index (χ1v) is 6.67. The van der Waals surface area contributed by atoms with Crippen molar-refractivity contribution in [2.24, 2.45) is 5.92 Å². The van der Waals surface area contributed by atoms with Crippen LogP contribution in [0.3, 0.4) is 0 Å². The van der Waals surface area contributed by atoms with E-state index in [0.29, 0.717) is 17.8 Å². The number of alkyl halides is 1. The molecule has 1 aromatic heterocycles. The molecule has 1 unspecified atom stereocenters. The van der Waals surface area contributed by atoms with Crippen molar-refractivity contribution in [1.82, 2.24) is 4.98 Å². The standard InChI is InChI=1S/C14H23ClN2/c1-9(2)12(5)17(6)14-13(8-15)10(3)7-11(4)16-14/h7,9,12H,8H2,1-6H3. The predicted molar refractivity (Wildman–Crippen MR) is 76.0 cm³/mol. The van der Waals surface area contributed by atoms with Crippen LogP contribution in [0.5, 0.6) is 0 Å². The Balaban J connectivity index is 3.20. The number of anilines is 1. The van der Waals surface area contributed by atoms with Crippen LogP contribution in [-0.4, -0.2) is 18.1 Å². The number of aryl methyl sites for hydroxylation is 2. The molecule has 0 saturated carbocycles. The molecule has 1 atom stereocenters. The van der Waals surface area contributed by atoms with Crippen molar-refractivity contribution in [2.75, 3.05) is 11.9 Å². The van der Waals surface area contributed by atoms with Gasteiger partial charge in [0.05, 0.1) is 5.88 Å². The summed E-state index contributed by atoms with van der Waals surface area (Å²) in [6.45, 7) is 10.8. The van der Waals surface area contributed by atoms with E-state index in [-0.39, 0.29) is 0 Å². The molecule has 0 aromatic carbocycles. The molecule has 1 aromatic rings. The SMILES string of the molecule is Cc1cc(C)c(CCl)c(N(C)C(C)C(C)C)n1. The summed E-state index contributed by atoms with van der Waals surface area (Å²) in [5.41, 5.74) is 3.42. The van der Waals surface area contributed by atoms with E-state index in [1.807, 2.05) is 6.92 Å². The number of rotatable bonds is 4. The van der Waals surface area contributed by atoms with Crippen LogP contribution in [-0.2, 0) is 5.88 Å². The molecule has 0 fully saturated rings. The highest BCUT2D eigenvalue weighted by Gasteiger charge is 2.18. The Labute approximate surface area is 110 Å². The monoisotopic (exact) mass is 254 g/mol. The Morgan fingerprint density at radius 1 is 1.29 bits per heavy atom. The van der Waals surface area contributed by atoms with Gasteiger partial charge in [-0.05, 0) is 38.3 Å². The lowest BCUT2D eigenvalue weighted by Crippen LogP contribution is -2.34. The van der Waals surface area contributed by atoms with E-state index in [1.165, 1.54) is 5.56 Å². The number of hydrogen-bond acceptors (Lipinski definition) is 2. The van der Waals surface area contributed by atoms with Crippen LogP contribution in [0.1, 0.15) is 37.6 Å². The number of nitrogens with zero attached hydrogens (tertiary/aromatic N) is 2. The van der Waals surface area contributed by atoms with Crippen LogP contribution in [0.25, 0.3) is 0 Å². The number of pyridine rings is 1. The molecule has 0 spiro atoms. The molecule has 1 heterocycles. The summed E-state index contributed by atoms with van der Waals surface area (Å²) in [5, 5.41) is 0. The van der Waals surface area contributed by atoms with Gasteiger partial charge in [-0.15, -0.1) is 11.6 Å². The van der Waals surface area contributed by atoms with Crippen LogP contribution < -0.4 is 4.90 Å². The second kappa shape index (κ2) is 5.72. The third-order valence-corrected chi connectivity index (χ3v) is 3.76. The zero-order valence-corrected chi connectivity index (χ0v) is 12.5. The molecule has 0 amide bonds. The fourth-order valence-corrected chi connectivity index (χ4v) is 2.27. The topological polar surface area (TPSA) is 16.1 Å². The molecule has 0 aliphatic heterocycles. The fraction of sp³-hybridized carbons (Fsp3) is 0.643. The molecule has 3 heteroatoms. The first-order valence-electron chi connectivity index (χ1n) is 6.14. The van der Waals surface area contributed by atoms with E-state index in [2.05, 4.69) is 50.7 Å². The third kappa shape index (κ3) is 3.12. The van der Waals surface area contributed by atoms with Crippen LogP contribution in [0.4, 0.5) is 5.82 Å². The number of aromatic nitrogens is 1. The summed E-state index contributed by atoms with van der Waals surface area (Å²) >= 11 is 6.05. The number of halogens is 1. The fourth-order valence-electron chi connectivity index (χ4n) is 1.94. The highest BCUT2D eigenvalue weighted by Crippen LogP contribution is 2.26. The van der Waals surface area contributed by atoms with Crippen molar-refractivity contribution in [3.8, 4) is 0 Å². The molecule has 17 heavy (non-hydrogen) atoms. The van der Waals surface area contributed by atoms with Gasteiger partial charge in [-0.25, -0.2) is 4.98 Å². The largest absolute Gasteiger partial charge is 0.356 e. The summed E-state index contributed by atoms with van der Waals surface area (Å²) in [7, 11) is 2.10. The van der Waals surface area contributed by atoms with Crippen molar-refractivity contribution in [3.05, 3.63) is 22.9 Å². The Hall–Kier alpha value is -0.760. The Morgan fingerprint density at radius 2 is 1.88 bits per heavy atom. The maximum atomic E-state index is 6.05. The van der Waals surface area contributed by atoms with Gasteiger partial charge >= 0.3 is 0 Å². The minimum Gasteiger partial charge on any atom is -0.356 e. The molecule has 0 aliphatic carbocycles. The first kappa shape index (κ1) is 14.3. The van der Waals surface area contributed by atoms with Gasteiger partial charge in [-0.1, -0.05) is 13.8 Å². The van der Waals surface area contributed by atoms with Gasteiger partial charge < -0.3 is 4.90 Å². The summed E-state index contributed by atoms with van der Waals surface area (Å²) in [6, 6.07) is 2.54. The van der Waals surface area contributed by atoms with Crippen molar-refractivity contribution in [1.29, 1.82) is 0 Å². The number of hydrogen-bond donors (Lipinski definition) is 0. The summed E-state index contributed by atoms with van der Waals surface area (Å²) < 4.78 is 0. The molecule has 0 bridgehead atoms. The molecule has 2 nitrogen and oxygen atoms in total. The minimum atomic E-state index is 0.450. The predicted octanol–water partition coefficient (Wildman–Crippen LogP) is 3.92. The second-order valence-electron chi connectivity index (χ2n) is 5.11. The van der Waals surface area contributed by atoms with Gasteiger partial charge in [0, 0.05) is 24.3 Å². The molecular formula is C14H23ClN2. The first-order chi connectivity index (χ1) is 7.88. The van der Waals surface area contributed by atoms with E-state index in [0.717, 1.165) is 17.1 Å². The van der Waals surface area contributed by atoms with E-state index in [9.17, 15) is 0 Å². The van der Waals surface area contributed by atoms with Crippen molar-refractivity contribution < 1.29 is 0 Å². The Bertz CT molecular complexity index is 388. The Morgan fingerprint density at radius 3 is 2.35 bits per heavy atom. The smallest absolute Gasteiger partial charge is 0.133 e. The molecular weight excluding hydrogens is 232 g/mol. The highest BCUT2D eigenvalue weighted by atomic mass is 35.5. The van der Waals surface area contributed by atoms with Gasteiger partial charge in [0.15, 0.2) is 0 Å². The molecule has 0 radical (unpaired) electrons. The minimum absolute atomic E-state index is 0.450. The van der Waals surface area contributed by atoms with E-state index in [1.54, 1.807) is 0 Å². The van der Waals surface area contributed by atoms with Crippen LogP contribution in [0.2, 0.25) is 0 Å². The lowest BCUT2D eigenvalue weighted by atomic mass is 10.0. The summed E-state index contributed by atoms with van der Waals surface area (Å²) in [4.78, 5) is 6.89. The lowest BCUT2D eigenvalue weighted by Gasteiger charge is -2.31. The van der Waals surface area contributed by atoms with Crippen molar-refractivity contribution in [3.63, 3.8) is 0 Å². The van der Waals surface area contributed by atoms with E-state index < -0.39 is 0 Å². The van der Waals surface area contributed by atoms with E-state index in [4.69, 9.17) is 11.6 Å². The molecule has 96 valence electrons. The van der Waals surface area contributed by atoms with Gasteiger partial charge in [0.1, 0.15) is 5.82 Å². The maximum Gasteiger partial charge on any atom is 0.133 e. The molecule has 1 rings (SSSR count). The second-order valence-corrected chi connectivity index (χ2v) is 5.38. The summed E-state index contributed by atoms with van der Waals surface area (Å²) in [6.07, 6.45) is 0. The highest BCUT2D eigenvalue weighted by molar-refractivity contribution is 6.17. The van der Waals surface area contributed by atoms with Crippen LogP contribution in [0, 0.1) is 19.8 Å². The normalized spacial score (nSPS) is 12.9.